The van der Waals surface area contributed by atoms with E-state index >= 15 is 0 Å². The van der Waals surface area contributed by atoms with E-state index in [1.54, 1.807) is 7.05 Å². The largest absolute Gasteiger partial charge is 0.396 e. The third kappa shape index (κ3) is 5.58. The van der Waals surface area contributed by atoms with Gasteiger partial charge in [0, 0.05) is 58.1 Å². The Morgan fingerprint density at radius 1 is 1.36 bits per heavy atom. The van der Waals surface area contributed by atoms with E-state index < -0.39 is 0 Å². The van der Waals surface area contributed by atoms with Crippen molar-refractivity contribution >= 4 is 11.8 Å². The topological polar surface area (TPSA) is 82.0 Å². The number of aliphatic hydroxyl groups is 1. The average Bonchev–Trinajstić information content (AvgIpc) is 3.18. The van der Waals surface area contributed by atoms with Crippen LogP contribution >= 0.6 is 0 Å². The van der Waals surface area contributed by atoms with Crippen LogP contribution < -0.4 is 15.5 Å². The second-order valence-electron chi connectivity index (χ2n) is 8.25. The Labute approximate surface area is 168 Å². The fourth-order valence-corrected chi connectivity index (χ4v) is 3.94. The van der Waals surface area contributed by atoms with Gasteiger partial charge in [-0.25, -0.2) is 4.98 Å². The maximum atomic E-state index is 9.36. The van der Waals surface area contributed by atoms with Crippen LogP contribution in [0.5, 0.6) is 0 Å². The molecule has 1 atom stereocenters. The van der Waals surface area contributed by atoms with Crippen molar-refractivity contribution in [3.63, 3.8) is 0 Å². The summed E-state index contributed by atoms with van der Waals surface area (Å²) in [6.45, 7) is 7.59. The summed E-state index contributed by atoms with van der Waals surface area (Å²) >= 11 is 0. The number of hydrogen-bond donors (Lipinski definition) is 3. The number of guanidine groups is 1. The lowest BCUT2D eigenvalue weighted by Gasteiger charge is -2.31. The highest BCUT2D eigenvalue weighted by atomic mass is 16.5. The van der Waals surface area contributed by atoms with E-state index in [9.17, 15) is 5.11 Å². The first kappa shape index (κ1) is 20.9. The van der Waals surface area contributed by atoms with Gasteiger partial charge in [0.25, 0.3) is 0 Å². The molecule has 156 valence electrons. The molecule has 0 amide bonds. The van der Waals surface area contributed by atoms with Crippen LogP contribution in [0.3, 0.4) is 0 Å². The molecule has 0 aromatic carbocycles. The standard InChI is InChI=1S/C21H35N5O2/c1-17-5-9-26(10-6-17)19-4-3-18(13-23-19)14-24-20(22-2)25-15-21(7-11-27)8-12-28-16-21/h3-4,13,17,27H,5-12,14-16H2,1-2H3,(H2,22,24,25). The molecule has 0 spiro atoms. The highest BCUT2D eigenvalue weighted by molar-refractivity contribution is 5.79. The lowest BCUT2D eigenvalue weighted by Crippen LogP contribution is -2.44. The fourth-order valence-electron chi connectivity index (χ4n) is 3.94. The molecule has 2 aliphatic heterocycles. The zero-order chi connectivity index (χ0) is 19.8. The van der Waals surface area contributed by atoms with E-state index in [1.165, 1.54) is 12.8 Å². The Bertz CT molecular complexity index is 620. The first-order valence-corrected chi connectivity index (χ1v) is 10.5. The van der Waals surface area contributed by atoms with E-state index in [0.29, 0.717) is 13.2 Å². The van der Waals surface area contributed by atoms with Gasteiger partial charge >= 0.3 is 0 Å². The van der Waals surface area contributed by atoms with Crippen molar-refractivity contribution in [1.29, 1.82) is 0 Å². The summed E-state index contributed by atoms with van der Waals surface area (Å²) in [6.07, 6.45) is 6.16. The number of piperidine rings is 1. The number of anilines is 1. The van der Waals surface area contributed by atoms with E-state index in [2.05, 4.69) is 44.6 Å². The second-order valence-corrected chi connectivity index (χ2v) is 8.25. The molecule has 3 N–H and O–H groups in total. The molecule has 2 fully saturated rings. The van der Waals surface area contributed by atoms with E-state index in [0.717, 1.165) is 62.3 Å². The zero-order valence-electron chi connectivity index (χ0n) is 17.3. The first-order chi connectivity index (χ1) is 13.6. The summed E-state index contributed by atoms with van der Waals surface area (Å²) in [4.78, 5) is 11.3. The van der Waals surface area contributed by atoms with Crippen LogP contribution in [0.4, 0.5) is 5.82 Å². The van der Waals surface area contributed by atoms with Crippen LogP contribution in [0.1, 0.15) is 38.2 Å². The highest BCUT2D eigenvalue weighted by Crippen LogP contribution is 2.31. The molecule has 3 heterocycles. The monoisotopic (exact) mass is 389 g/mol. The number of ether oxygens (including phenoxy) is 1. The van der Waals surface area contributed by atoms with Crippen molar-refractivity contribution in [2.45, 2.75) is 39.2 Å². The van der Waals surface area contributed by atoms with Crippen LogP contribution in [0.2, 0.25) is 0 Å². The van der Waals surface area contributed by atoms with Crippen molar-refractivity contribution < 1.29 is 9.84 Å². The van der Waals surface area contributed by atoms with Crippen LogP contribution in [0.15, 0.2) is 23.3 Å². The summed E-state index contributed by atoms with van der Waals surface area (Å²) in [7, 11) is 1.78. The molecule has 7 nitrogen and oxygen atoms in total. The molecule has 2 saturated heterocycles. The maximum Gasteiger partial charge on any atom is 0.191 e. The molecule has 0 aliphatic carbocycles. The van der Waals surface area contributed by atoms with Crippen LogP contribution in [0, 0.1) is 11.3 Å². The quantitative estimate of drug-likeness (QED) is 0.487. The molecule has 1 aromatic heterocycles. The van der Waals surface area contributed by atoms with Crippen LogP contribution in [-0.4, -0.2) is 62.6 Å². The number of hydrogen-bond acceptors (Lipinski definition) is 5. The van der Waals surface area contributed by atoms with Gasteiger partial charge in [0.2, 0.25) is 0 Å². The number of pyridine rings is 1. The van der Waals surface area contributed by atoms with E-state index in [-0.39, 0.29) is 12.0 Å². The third-order valence-corrected chi connectivity index (χ3v) is 6.06. The van der Waals surface area contributed by atoms with Crippen molar-refractivity contribution in [2.24, 2.45) is 16.3 Å². The van der Waals surface area contributed by atoms with E-state index in [1.807, 2.05) is 6.20 Å². The molecule has 1 aromatic rings. The lowest BCUT2D eigenvalue weighted by molar-refractivity contribution is 0.127. The molecule has 0 saturated carbocycles. The minimum atomic E-state index is 0.00150. The third-order valence-electron chi connectivity index (χ3n) is 6.06. The van der Waals surface area contributed by atoms with Crippen molar-refractivity contribution in [3.8, 4) is 0 Å². The SMILES string of the molecule is CN=C(NCc1ccc(N2CCC(C)CC2)nc1)NCC1(CCO)CCOC1. The zero-order valence-corrected chi connectivity index (χ0v) is 17.3. The van der Waals surface area contributed by atoms with Gasteiger partial charge in [-0.2, -0.15) is 0 Å². The Kier molecular flexibility index (Phi) is 7.50. The van der Waals surface area contributed by atoms with Gasteiger partial charge in [0.1, 0.15) is 5.82 Å². The molecule has 7 heteroatoms. The van der Waals surface area contributed by atoms with Crippen LogP contribution in [-0.2, 0) is 11.3 Å². The molecule has 3 rings (SSSR count). The predicted octanol–water partition coefficient (Wildman–Crippen LogP) is 1.77. The summed E-state index contributed by atoms with van der Waals surface area (Å²) in [5.41, 5.74) is 1.13. The van der Waals surface area contributed by atoms with Crippen LogP contribution in [0.25, 0.3) is 0 Å². The molecule has 1 unspecified atom stereocenters. The first-order valence-electron chi connectivity index (χ1n) is 10.5. The molecule has 0 radical (unpaired) electrons. The van der Waals surface area contributed by atoms with Gasteiger partial charge in [0.05, 0.1) is 6.61 Å². The number of aromatic nitrogens is 1. The maximum absolute atomic E-state index is 9.36. The Morgan fingerprint density at radius 2 is 2.18 bits per heavy atom. The minimum absolute atomic E-state index is 0.00150. The smallest absolute Gasteiger partial charge is 0.191 e. The fraction of sp³-hybridized carbons (Fsp3) is 0.714. The summed E-state index contributed by atoms with van der Waals surface area (Å²) in [5, 5.41) is 16.1. The van der Waals surface area contributed by atoms with Crippen molar-refractivity contribution in [1.82, 2.24) is 15.6 Å². The average molecular weight is 390 g/mol. The Hall–Kier alpha value is -1.86. The molecule has 28 heavy (non-hydrogen) atoms. The number of aliphatic imine (C=N–C) groups is 1. The summed E-state index contributed by atoms with van der Waals surface area (Å²) in [5.74, 6) is 2.66. The number of aliphatic hydroxyl groups excluding tert-OH is 1. The number of nitrogens with one attached hydrogen (secondary N) is 2. The molecular weight excluding hydrogens is 354 g/mol. The predicted molar refractivity (Wildman–Crippen MR) is 113 cm³/mol. The Balaban J connectivity index is 1.47. The van der Waals surface area contributed by atoms with Gasteiger partial charge in [0.15, 0.2) is 5.96 Å². The minimum Gasteiger partial charge on any atom is -0.396 e. The summed E-state index contributed by atoms with van der Waals surface area (Å²) in [6, 6.07) is 4.26. The lowest BCUT2D eigenvalue weighted by atomic mass is 9.84. The molecule has 0 bridgehead atoms. The normalized spacial score (nSPS) is 23.8. The van der Waals surface area contributed by atoms with Gasteiger partial charge in [-0.05, 0) is 43.2 Å². The molecular formula is C21H35N5O2. The van der Waals surface area contributed by atoms with Gasteiger partial charge in [-0.1, -0.05) is 13.0 Å². The van der Waals surface area contributed by atoms with Crippen molar-refractivity contribution in [2.75, 3.05) is 51.4 Å². The van der Waals surface area contributed by atoms with Gasteiger partial charge in [-0.3, -0.25) is 4.99 Å². The summed E-state index contributed by atoms with van der Waals surface area (Å²) < 4.78 is 5.55. The Morgan fingerprint density at radius 3 is 2.79 bits per heavy atom. The highest BCUT2D eigenvalue weighted by Gasteiger charge is 2.34. The van der Waals surface area contributed by atoms with E-state index in [4.69, 9.17) is 4.74 Å². The second kappa shape index (κ2) is 10.1. The van der Waals surface area contributed by atoms with Crippen molar-refractivity contribution in [3.05, 3.63) is 23.9 Å². The van der Waals surface area contributed by atoms with Gasteiger partial charge in [-0.15, -0.1) is 0 Å². The number of nitrogens with zero attached hydrogens (tertiary/aromatic N) is 3. The molecule has 2 aliphatic rings. The van der Waals surface area contributed by atoms with Gasteiger partial charge < -0.3 is 25.4 Å². The number of rotatable bonds is 7.